The minimum Gasteiger partial charge on any atom is -0.481 e. The summed E-state index contributed by atoms with van der Waals surface area (Å²) in [6, 6.07) is 0. The minimum atomic E-state index is -0.881. The van der Waals surface area contributed by atoms with Gasteiger partial charge in [0.2, 0.25) is 5.91 Å². The standard InChI is InChI=1S/C16H26N2O3S/c1-6-16(7-2,14(20)21)10-17-12(19)8-11-9-22-13(18-11)15(3,4)5/h9H,6-8,10H2,1-5H3,(H,17,19)(H,20,21). The van der Waals surface area contributed by atoms with Gasteiger partial charge in [-0.1, -0.05) is 34.6 Å². The zero-order valence-corrected chi connectivity index (χ0v) is 14.8. The lowest BCUT2D eigenvalue weighted by Crippen LogP contribution is -2.42. The first-order valence-corrected chi connectivity index (χ1v) is 8.47. The topological polar surface area (TPSA) is 79.3 Å². The predicted molar refractivity (Wildman–Crippen MR) is 88.2 cm³/mol. The number of nitrogens with one attached hydrogen (secondary N) is 1. The molecule has 1 aromatic heterocycles. The summed E-state index contributed by atoms with van der Waals surface area (Å²) in [5.41, 5.74) is -0.169. The minimum absolute atomic E-state index is 0.0255. The molecule has 0 atom stereocenters. The molecule has 0 saturated carbocycles. The fourth-order valence-electron chi connectivity index (χ4n) is 2.11. The second-order valence-corrected chi connectivity index (χ2v) is 7.50. The molecule has 0 aliphatic carbocycles. The number of thiazole rings is 1. The monoisotopic (exact) mass is 326 g/mol. The van der Waals surface area contributed by atoms with Crippen molar-refractivity contribution in [2.75, 3.05) is 6.54 Å². The molecule has 5 nitrogen and oxygen atoms in total. The van der Waals surface area contributed by atoms with E-state index < -0.39 is 11.4 Å². The van der Waals surface area contributed by atoms with Gasteiger partial charge >= 0.3 is 5.97 Å². The van der Waals surface area contributed by atoms with Gasteiger partial charge in [-0.2, -0.15) is 0 Å². The van der Waals surface area contributed by atoms with Gasteiger partial charge in [-0.15, -0.1) is 11.3 Å². The predicted octanol–water partition coefficient (Wildman–Crippen LogP) is 2.99. The first kappa shape index (κ1) is 18.6. The summed E-state index contributed by atoms with van der Waals surface area (Å²) in [5.74, 6) is -1.04. The second kappa shape index (κ2) is 7.22. The lowest BCUT2D eigenvalue weighted by molar-refractivity contribution is -0.149. The molecule has 1 rings (SSSR count). The van der Waals surface area contributed by atoms with Crippen molar-refractivity contribution in [3.63, 3.8) is 0 Å². The van der Waals surface area contributed by atoms with E-state index in [2.05, 4.69) is 31.1 Å². The molecule has 0 radical (unpaired) electrons. The smallest absolute Gasteiger partial charge is 0.311 e. The van der Waals surface area contributed by atoms with E-state index in [1.54, 1.807) is 11.3 Å². The van der Waals surface area contributed by atoms with Crippen molar-refractivity contribution in [3.8, 4) is 0 Å². The van der Waals surface area contributed by atoms with Crippen LogP contribution in [0, 0.1) is 5.41 Å². The Morgan fingerprint density at radius 2 is 1.86 bits per heavy atom. The van der Waals surface area contributed by atoms with Crippen LogP contribution in [-0.2, 0) is 21.4 Å². The van der Waals surface area contributed by atoms with Gasteiger partial charge in [-0.25, -0.2) is 4.98 Å². The molecule has 22 heavy (non-hydrogen) atoms. The van der Waals surface area contributed by atoms with Crippen molar-refractivity contribution in [1.29, 1.82) is 0 Å². The van der Waals surface area contributed by atoms with Crippen LogP contribution in [0.25, 0.3) is 0 Å². The quantitative estimate of drug-likeness (QED) is 0.807. The Hall–Kier alpha value is -1.43. The molecule has 0 unspecified atom stereocenters. The highest BCUT2D eigenvalue weighted by Crippen LogP contribution is 2.27. The highest BCUT2D eigenvalue weighted by atomic mass is 32.1. The van der Waals surface area contributed by atoms with E-state index in [-0.39, 0.29) is 24.3 Å². The molecule has 1 amide bonds. The fourth-order valence-corrected chi connectivity index (χ4v) is 3.01. The molecular weight excluding hydrogens is 300 g/mol. The van der Waals surface area contributed by atoms with Gasteiger partial charge < -0.3 is 10.4 Å². The third kappa shape index (κ3) is 4.53. The molecule has 0 bridgehead atoms. The van der Waals surface area contributed by atoms with Gasteiger partial charge in [0.25, 0.3) is 0 Å². The molecule has 6 heteroatoms. The third-order valence-electron chi connectivity index (χ3n) is 3.97. The van der Waals surface area contributed by atoms with Crippen molar-refractivity contribution in [2.24, 2.45) is 5.41 Å². The Labute approximate surface area is 136 Å². The van der Waals surface area contributed by atoms with Gasteiger partial charge in [0.05, 0.1) is 22.5 Å². The van der Waals surface area contributed by atoms with Crippen LogP contribution in [0.1, 0.15) is 58.2 Å². The van der Waals surface area contributed by atoms with Crippen molar-refractivity contribution in [1.82, 2.24) is 10.3 Å². The summed E-state index contributed by atoms with van der Waals surface area (Å²) in [4.78, 5) is 27.9. The summed E-state index contributed by atoms with van der Waals surface area (Å²) in [6.45, 7) is 10.1. The van der Waals surface area contributed by atoms with Gasteiger partial charge in [-0.3, -0.25) is 9.59 Å². The number of hydrogen-bond acceptors (Lipinski definition) is 4. The van der Waals surface area contributed by atoms with Crippen LogP contribution in [0.4, 0.5) is 0 Å². The van der Waals surface area contributed by atoms with Crippen LogP contribution in [0.3, 0.4) is 0 Å². The number of carbonyl (C=O) groups is 2. The zero-order valence-electron chi connectivity index (χ0n) is 14.0. The number of nitrogens with zero attached hydrogens (tertiary/aromatic N) is 1. The van der Waals surface area contributed by atoms with E-state index in [1.807, 2.05) is 19.2 Å². The first-order chi connectivity index (χ1) is 10.1. The number of hydrogen-bond donors (Lipinski definition) is 2. The SMILES string of the molecule is CCC(CC)(CNC(=O)Cc1csc(C(C)(C)C)n1)C(=O)O. The molecule has 0 aliphatic rings. The molecule has 0 aromatic carbocycles. The number of aliphatic carboxylic acids is 1. The summed E-state index contributed by atoms with van der Waals surface area (Å²) in [7, 11) is 0. The van der Waals surface area contributed by atoms with Crippen LogP contribution >= 0.6 is 11.3 Å². The Morgan fingerprint density at radius 1 is 1.27 bits per heavy atom. The van der Waals surface area contributed by atoms with E-state index in [9.17, 15) is 14.7 Å². The molecule has 124 valence electrons. The molecule has 0 spiro atoms. The van der Waals surface area contributed by atoms with Gasteiger partial charge in [0.1, 0.15) is 0 Å². The van der Waals surface area contributed by atoms with Crippen LogP contribution in [0.2, 0.25) is 0 Å². The van der Waals surface area contributed by atoms with E-state index >= 15 is 0 Å². The van der Waals surface area contributed by atoms with E-state index in [1.165, 1.54) is 0 Å². The third-order valence-corrected chi connectivity index (χ3v) is 5.28. The molecule has 1 aromatic rings. The summed E-state index contributed by atoms with van der Waals surface area (Å²) >= 11 is 1.55. The largest absolute Gasteiger partial charge is 0.481 e. The van der Waals surface area contributed by atoms with Gasteiger partial charge in [0.15, 0.2) is 0 Å². The second-order valence-electron chi connectivity index (χ2n) is 6.64. The Balaban J connectivity index is 2.63. The first-order valence-electron chi connectivity index (χ1n) is 7.59. The maximum Gasteiger partial charge on any atom is 0.311 e. The Kier molecular flexibility index (Phi) is 6.11. The van der Waals surface area contributed by atoms with Crippen LogP contribution in [0.15, 0.2) is 5.38 Å². The highest BCUT2D eigenvalue weighted by Gasteiger charge is 2.35. The summed E-state index contributed by atoms with van der Waals surface area (Å²) in [6.07, 6.45) is 1.17. The highest BCUT2D eigenvalue weighted by molar-refractivity contribution is 7.09. The van der Waals surface area contributed by atoms with Crippen molar-refractivity contribution < 1.29 is 14.7 Å². The zero-order chi connectivity index (χ0) is 17.0. The Bertz CT molecular complexity index is 528. The van der Waals surface area contributed by atoms with Crippen molar-refractivity contribution in [2.45, 2.75) is 59.3 Å². The number of carboxylic acids is 1. The number of carboxylic acid groups (broad SMARTS) is 1. The number of amides is 1. The lowest BCUT2D eigenvalue weighted by atomic mass is 9.82. The average molecular weight is 326 g/mol. The van der Waals surface area contributed by atoms with Gasteiger partial charge in [-0.05, 0) is 12.8 Å². The van der Waals surface area contributed by atoms with E-state index in [0.29, 0.717) is 12.8 Å². The fraction of sp³-hybridized carbons (Fsp3) is 0.688. The van der Waals surface area contributed by atoms with Crippen LogP contribution < -0.4 is 5.32 Å². The normalized spacial score (nSPS) is 12.2. The maximum absolute atomic E-state index is 12.0. The summed E-state index contributed by atoms with van der Waals surface area (Å²) < 4.78 is 0. The molecule has 2 N–H and O–H groups in total. The van der Waals surface area contributed by atoms with Crippen molar-refractivity contribution in [3.05, 3.63) is 16.1 Å². The number of aromatic nitrogens is 1. The Morgan fingerprint density at radius 3 is 2.27 bits per heavy atom. The summed E-state index contributed by atoms with van der Waals surface area (Å²) in [5, 5.41) is 15.0. The lowest BCUT2D eigenvalue weighted by Gasteiger charge is -2.26. The molecular formula is C16H26N2O3S. The maximum atomic E-state index is 12.0. The average Bonchev–Trinajstić information content (AvgIpc) is 2.88. The molecule has 0 aliphatic heterocycles. The van der Waals surface area contributed by atoms with Crippen molar-refractivity contribution >= 4 is 23.2 Å². The van der Waals surface area contributed by atoms with E-state index in [0.717, 1.165) is 10.7 Å². The van der Waals surface area contributed by atoms with Crippen LogP contribution in [-0.4, -0.2) is 28.5 Å². The molecule has 1 heterocycles. The van der Waals surface area contributed by atoms with Crippen LogP contribution in [0.5, 0.6) is 0 Å². The van der Waals surface area contributed by atoms with E-state index in [4.69, 9.17) is 0 Å². The van der Waals surface area contributed by atoms with Gasteiger partial charge in [0, 0.05) is 17.3 Å². The number of rotatable bonds is 7. The molecule has 0 saturated heterocycles. The number of carbonyl (C=O) groups excluding carboxylic acids is 1. The molecule has 0 fully saturated rings.